The molecule has 3 amide bonds. The van der Waals surface area contributed by atoms with Crippen molar-refractivity contribution in [2.75, 3.05) is 19.7 Å². The molecule has 1 rings (SSSR count). The lowest BCUT2D eigenvalue weighted by Gasteiger charge is -2.36. The molecular formula is C32H49N3O6. The van der Waals surface area contributed by atoms with Gasteiger partial charge in [-0.25, -0.2) is 4.79 Å². The minimum Gasteiger partial charge on any atom is -0.466 e. The van der Waals surface area contributed by atoms with E-state index in [4.69, 9.17) is 15.9 Å². The summed E-state index contributed by atoms with van der Waals surface area (Å²) in [7, 11) is 0. The number of ether oxygens (including phenoxy) is 2. The molecule has 0 aliphatic carbocycles. The zero-order valence-corrected chi connectivity index (χ0v) is 25.9. The lowest BCUT2D eigenvalue weighted by Crippen LogP contribution is -2.55. The summed E-state index contributed by atoms with van der Waals surface area (Å²) >= 11 is 0. The molecule has 0 fully saturated rings. The second-order valence-electron chi connectivity index (χ2n) is 11.1. The molecule has 0 aliphatic rings. The molecule has 1 aromatic carbocycles. The second-order valence-corrected chi connectivity index (χ2v) is 11.1. The number of alkyl carbamates (subject to hydrolysis) is 1. The normalized spacial score (nSPS) is 13.2. The molecule has 0 bridgehead atoms. The van der Waals surface area contributed by atoms with Crippen molar-refractivity contribution in [3.05, 3.63) is 35.4 Å². The Bertz CT molecular complexity index is 1030. The summed E-state index contributed by atoms with van der Waals surface area (Å²) in [4.78, 5) is 54.2. The molecule has 9 heteroatoms. The molecule has 1 aromatic rings. The number of terminal acetylenes is 1. The molecule has 2 N–H and O–H groups in total. The number of benzene rings is 1. The van der Waals surface area contributed by atoms with Crippen LogP contribution in [0.15, 0.2) is 24.3 Å². The Labute approximate surface area is 246 Å². The lowest BCUT2D eigenvalue weighted by atomic mass is 9.95. The van der Waals surface area contributed by atoms with Gasteiger partial charge in [0.2, 0.25) is 11.8 Å². The van der Waals surface area contributed by atoms with Gasteiger partial charge in [0.25, 0.3) is 0 Å². The smallest absolute Gasteiger partial charge is 0.408 e. The van der Waals surface area contributed by atoms with E-state index in [-0.39, 0.29) is 31.4 Å². The highest BCUT2D eigenvalue weighted by molar-refractivity contribution is 5.92. The average molecular weight is 572 g/mol. The maximum atomic E-state index is 14.3. The predicted octanol–water partition coefficient (Wildman–Crippen LogP) is 5.13. The van der Waals surface area contributed by atoms with E-state index in [2.05, 4.69) is 23.5 Å². The van der Waals surface area contributed by atoms with E-state index in [0.717, 1.165) is 19.3 Å². The SMILES string of the molecule is C#Cc1ccc(C(C(=O)NCCC(=O)OCC)N(CCCCCC)C(=O)C(NC(=O)OC(C)(C)C)C(C)CC)cc1. The molecule has 0 aliphatic heterocycles. The largest absolute Gasteiger partial charge is 0.466 e. The number of nitrogens with one attached hydrogen (secondary N) is 2. The molecule has 0 saturated heterocycles. The molecule has 41 heavy (non-hydrogen) atoms. The third-order valence-corrected chi connectivity index (χ3v) is 6.57. The number of esters is 1. The number of amides is 3. The highest BCUT2D eigenvalue weighted by Crippen LogP contribution is 2.26. The topological polar surface area (TPSA) is 114 Å². The fraction of sp³-hybridized carbons (Fsp3) is 0.625. The maximum Gasteiger partial charge on any atom is 0.408 e. The minimum absolute atomic E-state index is 0.00245. The minimum atomic E-state index is -1.01. The van der Waals surface area contributed by atoms with Crippen LogP contribution in [0.25, 0.3) is 0 Å². The fourth-order valence-corrected chi connectivity index (χ4v) is 4.22. The number of hydrogen-bond donors (Lipinski definition) is 2. The van der Waals surface area contributed by atoms with Gasteiger partial charge in [-0.15, -0.1) is 6.42 Å². The van der Waals surface area contributed by atoms with Gasteiger partial charge in [0.1, 0.15) is 17.7 Å². The first-order chi connectivity index (χ1) is 19.4. The van der Waals surface area contributed by atoms with Crippen molar-refractivity contribution in [3.8, 4) is 12.3 Å². The van der Waals surface area contributed by atoms with Crippen molar-refractivity contribution in [1.82, 2.24) is 15.5 Å². The zero-order valence-electron chi connectivity index (χ0n) is 25.9. The molecule has 9 nitrogen and oxygen atoms in total. The van der Waals surface area contributed by atoms with Gasteiger partial charge >= 0.3 is 12.1 Å². The molecular weight excluding hydrogens is 522 g/mol. The monoisotopic (exact) mass is 571 g/mol. The van der Waals surface area contributed by atoms with E-state index in [1.54, 1.807) is 52.0 Å². The Kier molecular flexibility index (Phi) is 15.6. The molecule has 3 atom stereocenters. The zero-order chi connectivity index (χ0) is 31.0. The van der Waals surface area contributed by atoms with Crippen molar-refractivity contribution < 1.29 is 28.7 Å². The van der Waals surface area contributed by atoms with E-state index in [1.165, 1.54) is 4.90 Å². The van der Waals surface area contributed by atoms with Gasteiger partial charge in [-0.1, -0.05) is 64.5 Å². The number of rotatable bonds is 16. The van der Waals surface area contributed by atoms with Crippen LogP contribution in [0.2, 0.25) is 0 Å². The predicted molar refractivity (Wildman–Crippen MR) is 160 cm³/mol. The van der Waals surface area contributed by atoms with Crippen molar-refractivity contribution in [3.63, 3.8) is 0 Å². The summed E-state index contributed by atoms with van der Waals surface area (Å²) in [5.41, 5.74) is 0.467. The van der Waals surface area contributed by atoms with Crippen molar-refractivity contribution in [1.29, 1.82) is 0 Å². The molecule has 0 aromatic heterocycles. The van der Waals surface area contributed by atoms with Gasteiger partial charge in [-0.2, -0.15) is 0 Å². The lowest BCUT2D eigenvalue weighted by molar-refractivity contribution is -0.145. The molecule has 0 heterocycles. The van der Waals surface area contributed by atoms with E-state index >= 15 is 0 Å². The van der Waals surface area contributed by atoms with Crippen LogP contribution < -0.4 is 10.6 Å². The van der Waals surface area contributed by atoms with E-state index in [0.29, 0.717) is 30.5 Å². The van der Waals surface area contributed by atoms with Crippen LogP contribution in [0.3, 0.4) is 0 Å². The molecule has 0 radical (unpaired) electrons. The second kappa shape index (κ2) is 18.0. The van der Waals surface area contributed by atoms with E-state index < -0.39 is 35.7 Å². The summed E-state index contributed by atoms with van der Waals surface area (Å²) < 4.78 is 10.4. The Hall–Kier alpha value is -3.54. The number of carbonyl (C=O) groups is 4. The summed E-state index contributed by atoms with van der Waals surface area (Å²) in [6.45, 7) is 13.5. The van der Waals surface area contributed by atoms with Crippen LogP contribution in [-0.2, 0) is 23.9 Å². The first-order valence-corrected chi connectivity index (χ1v) is 14.7. The maximum absolute atomic E-state index is 14.3. The van der Waals surface area contributed by atoms with Crippen LogP contribution in [0, 0.1) is 18.3 Å². The summed E-state index contributed by atoms with van der Waals surface area (Å²) in [6, 6.07) is 4.98. The number of hydrogen-bond acceptors (Lipinski definition) is 6. The van der Waals surface area contributed by atoms with Crippen LogP contribution >= 0.6 is 0 Å². The third kappa shape index (κ3) is 12.7. The summed E-state index contributed by atoms with van der Waals surface area (Å²) in [5.74, 6) is 1.09. The Morgan fingerprint density at radius 3 is 2.22 bits per heavy atom. The number of unbranched alkanes of at least 4 members (excludes halogenated alkanes) is 3. The van der Waals surface area contributed by atoms with E-state index in [9.17, 15) is 19.2 Å². The molecule has 3 unspecified atom stereocenters. The Morgan fingerprint density at radius 1 is 1.02 bits per heavy atom. The standard InChI is InChI=1S/C32H49N3O6/c1-9-13-14-15-22-35(30(38)27(23(5)10-2)34-31(39)41-32(6,7)8)28(25-18-16-24(11-3)17-19-25)29(37)33-21-20-26(36)40-12-4/h3,16-19,23,27-28H,9-10,12-15,20-22H2,1-2,4-8H3,(H,33,37)(H,34,39). The highest BCUT2D eigenvalue weighted by Gasteiger charge is 2.38. The van der Waals surface area contributed by atoms with Crippen LogP contribution in [-0.4, -0.2) is 60.1 Å². The quantitative estimate of drug-likeness (QED) is 0.162. The summed E-state index contributed by atoms with van der Waals surface area (Å²) in [5, 5.41) is 5.57. The van der Waals surface area contributed by atoms with Crippen molar-refractivity contribution >= 4 is 23.9 Å². The third-order valence-electron chi connectivity index (χ3n) is 6.57. The highest BCUT2D eigenvalue weighted by atomic mass is 16.6. The first kappa shape index (κ1) is 35.5. The Morgan fingerprint density at radius 2 is 1.68 bits per heavy atom. The molecule has 0 spiro atoms. The number of carbonyl (C=O) groups excluding carboxylic acids is 4. The fourth-order valence-electron chi connectivity index (χ4n) is 4.22. The Balaban J connectivity index is 3.49. The van der Waals surface area contributed by atoms with Gasteiger partial charge in [-0.3, -0.25) is 14.4 Å². The molecule has 0 saturated carbocycles. The van der Waals surface area contributed by atoms with Crippen LogP contribution in [0.1, 0.15) is 104 Å². The number of nitrogens with zero attached hydrogens (tertiary/aromatic N) is 1. The van der Waals surface area contributed by atoms with Gasteiger partial charge in [-0.05, 0) is 57.7 Å². The van der Waals surface area contributed by atoms with Gasteiger partial charge in [0.15, 0.2) is 0 Å². The average Bonchev–Trinajstić information content (AvgIpc) is 2.92. The van der Waals surface area contributed by atoms with Crippen molar-refractivity contribution in [2.45, 2.75) is 105 Å². The van der Waals surface area contributed by atoms with E-state index in [1.807, 2.05) is 13.8 Å². The summed E-state index contributed by atoms with van der Waals surface area (Å²) in [6.07, 6.45) is 9.01. The van der Waals surface area contributed by atoms with Crippen LogP contribution in [0.5, 0.6) is 0 Å². The molecule has 228 valence electrons. The van der Waals surface area contributed by atoms with Gasteiger partial charge in [0, 0.05) is 18.7 Å². The van der Waals surface area contributed by atoms with Gasteiger partial charge < -0.3 is 25.0 Å². The first-order valence-electron chi connectivity index (χ1n) is 14.7. The van der Waals surface area contributed by atoms with Crippen LogP contribution in [0.4, 0.5) is 4.79 Å². The van der Waals surface area contributed by atoms with Gasteiger partial charge in [0.05, 0.1) is 13.0 Å². The van der Waals surface area contributed by atoms with Crippen molar-refractivity contribution in [2.24, 2.45) is 5.92 Å².